The van der Waals surface area contributed by atoms with Crippen LogP contribution in [-0.4, -0.2) is 20.7 Å². The highest BCUT2D eigenvalue weighted by molar-refractivity contribution is 6.35. The molecule has 0 saturated heterocycles. The van der Waals surface area contributed by atoms with Crippen molar-refractivity contribution in [1.29, 1.82) is 0 Å². The highest BCUT2D eigenvalue weighted by Crippen LogP contribution is 2.23. The monoisotopic (exact) mass is 194 g/mol. The lowest BCUT2D eigenvalue weighted by atomic mass is 10.3. The van der Waals surface area contributed by atoms with E-state index in [0.717, 1.165) is 0 Å². The van der Waals surface area contributed by atoms with Crippen LogP contribution in [0.5, 0.6) is 0 Å². The van der Waals surface area contributed by atoms with E-state index in [9.17, 15) is 13.6 Å². The van der Waals surface area contributed by atoms with Gasteiger partial charge in [0.25, 0.3) is 5.78 Å². The molecule has 1 aromatic heterocycles. The normalized spacial score (nSPS) is 11.7. The summed E-state index contributed by atoms with van der Waals surface area (Å²) in [6.45, 7) is 0. The number of alkyl halides is 3. The summed E-state index contributed by atoms with van der Waals surface area (Å²) in [4.78, 5) is 14.2. The molecule has 0 aliphatic carbocycles. The van der Waals surface area contributed by atoms with E-state index in [4.69, 9.17) is 0 Å². The zero-order chi connectivity index (χ0) is 9.35. The summed E-state index contributed by atoms with van der Waals surface area (Å²) in [6, 6.07) is 0. The fraction of sp³-hybridized carbons (Fsp3) is 0.333. The largest absolute Gasteiger partial charge is 0.386 e. The fourth-order valence-corrected chi connectivity index (χ4v) is 0.772. The second-order valence-electron chi connectivity index (χ2n) is 2.25. The molecule has 0 N–H and O–H groups in total. The Kier molecular flexibility index (Phi) is 2.14. The first-order valence-electron chi connectivity index (χ1n) is 3.01. The fourth-order valence-electron chi connectivity index (χ4n) is 0.675. The Balaban J connectivity index is 2.93. The van der Waals surface area contributed by atoms with Crippen molar-refractivity contribution in [2.75, 3.05) is 0 Å². The molecule has 66 valence electrons. The molecule has 0 fully saturated rings. The molecule has 0 aromatic carbocycles. The maximum Gasteiger partial charge on any atom is 0.386 e. The molecule has 0 spiro atoms. The lowest BCUT2D eigenvalue weighted by Gasteiger charge is -2.01. The molecule has 0 aliphatic rings. The third-order valence-corrected chi connectivity index (χ3v) is 1.37. The van der Waals surface area contributed by atoms with Gasteiger partial charge in [-0.3, -0.25) is 4.79 Å². The van der Waals surface area contributed by atoms with Gasteiger partial charge in [0.15, 0.2) is 0 Å². The van der Waals surface area contributed by atoms with Gasteiger partial charge in [-0.1, -0.05) is 0 Å². The van der Waals surface area contributed by atoms with Gasteiger partial charge in [-0.05, 0) is 11.6 Å². The van der Waals surface area contributed by atoms with Crippen molar-refractivity contribution < 1.29 is 13.6 Å². The molecule has 12 heavy (non-hydrogen) atoms. The van der Waals surface area contributed by atoms with Crippen molar-refractivity contribution in [3.8, 4) is 0 Å². The summed E-state index contributed by atoms with van der Waals surface area (Å²) < 4.78 is 25.7. The Hall–Kier alpha value is -0.970. The quantitative estimate of drug-likeness (QED) is 0.527. The summed E-state index contributed by atoms with van der Waals surface area (Å²) in [5.41, 5.74) is -0.336. The van der Waals surface area contributed by atoms with Crippen molar-refractivity contribution in [1.82, 2.24) is 9.55 Å². The summed E-state index contributed by atoms with van der Waals surface area (Å²) >= 11 is 4.50. The molecule has 0 radical (unpaired) electrons. The standard InChI is InChI=1S/C6H5ClF2N2O/c1-11-2-4(10-3-11)5(12)6(7,8)9/h2-3H,1H3. The number of hydrogen-bond donors (Lipinski definition) is 0. The Morgan fingerprint density at radius 2 is 2.33 bits per heavy atom. The van der Waals surface area contributed by atoms with Crippen LogP contribution in [0.25, 0.3) is 0 Å². The van der Waals surface area contributed by atoms with Crippen molar-refractivity contribution in [3.05, 3.63) is 18.2 Å². The average molecular weight is 195 g/mol. The van der Waals surface area contributed by atoms with E-state index >= 15 is 0 Å². The smallest absolute Gasteiger partial charge is 0.340 e. The van der Waals surface area contributed by atoms with Crippen LogP contribution in [-0.2, 0) is 7.05 Å². The number of hydrogen-bond acceptors (Lipinski definition) is 2. The number of Topliss-reactive ketones (excluding diaryl/α,β-unsaturated/α-hetero) is 1. The van der Waals surface area contributed by atoms with E-state index in [2.05, 4.69) is 16.6 Å². The Labute approximate surface area is 72.0 Å². The predicted molar refractivity (Wildman–Crippen MR) is 38.3 cm³/mol. The van der Waals surface area contributed by atoms with Crippen LogP contribution < -0.4 is 0 Å². The number of aryl methyl sites for hydroxylation is 1. The number of rotatable bonds is 2. The third kappa shape index (κ3) is 1.79. The molecule has 1 rings (SSSR count). The first kappa shape index (κ1) is 9.12. The molecule has 0 unspecified atom stereocenters. The number of carbonyl (C=O) groups is 1. The van der Waals surface area contributed by atoms with Gasteiger partial charge >= 0.3 is 5.38 Å². The maximum absolute atomic E-state index is 12.2. The number of ketones is 1. The molecule has 1 heterocycles. The maximum atomic E-state index is 12.2. The second kappa shape index (κ2) is 2.82. The SMILES string of the molecule is Cn1cnc(C(=O)C(F)(F)Cl)c1. The molecule has 0 atom stereocenters. The highest BCUT2D eigenvalue weighted by atomic mass is 35.5. The molecule has 0 saturated carbocycles. The van der Waals surface area contributed by atoms with Crippen molar-refractivity contribution in [2.45, 2.75) is 5.38 Å². The minimum atomic E-state index is -3.87. The van der Waals surface area contributed by atoms with Crippen LogP contribution >= 0.6 is 11.6 Å². The number of imidazole rings is 1. The summed E-state index contributed by atoms with van der Waals surface area (Å²) in [6.07, 6.45) is 2.43. The van der Waals surface area contributed by atoms with E-state index < -0.39 is 11.2 Å². The van der Waals surface area contributed by atoms with Crippen LogP contribution in [0.1, 0.15) is 10.5 Å². The zero-order valence-corrected chi connectivity index (χ0v) is 6.85. The van der Waals surface area contributed by atoms with Crippen LogP contribution in [0.2, 0.25) is 0 Å². The number of carbonyl (C=O) groups excluding carboxylic acids is 1. The highest BCUT2D eigenvalue weighted by Gasteiger charge is 2.37. The molecule has 0 bridgehead atoms. The number of nitrogens with zero attached hydrogens (tertiary/aromatic N) is 2. The van der Waals surface area contributed by atoms with Gasteiger partial charge in [0.2, 0.25) is 0 Å². The number of aromatic nitrogens is 2. The van der Waals surface area contributed by atoms with Crippen LogP contribution in [0, 0.1) is 0 Å². The first-order chi connectivity index (χ1) is 5.41. The second-order valence-corrected chi connectivity index (χ2v) is 2.73. The first-order valence-corrected chi connectivity index (χ1v) is 3.38. The van der Waals surface area contributed by atoms with E-state index in [1.54, 1.807) is 7.05 Å². The average Bonchev–Trinajstić information content (AvgIpc) is 2.32. The van der Waals surface area contributed by atoms with Gasteiger partial charge < -0.3 is 4.57 Å². The molecule has 6 heteroatoms. The van der Waals surface area contributed by atoms with Gasteiger partial charge in [-0.2, -0.15) is 8.78 Å². The van der Waals surface area contributed by atoms with Crippen LogP contribution in [0.3, 0.4) is 0 Å². The topological polar surface area (TPSA) is 34.9 Å². The van der Waals surface area contributed by atoms with Gasteiger partial charge in [0.1, 0.15) is 5.69 Å². The van der Waals surface area contributed by atoms with Gasteiger partial charge in [-0.15, -0.1) is 0 Å². The minimum Gasteiger partial charge on any atom is -0.340 e. The predicted octanol–water partition coefficient (Wildman–Crippen LogP) is 1.43. The summed E-state index contributed by atoms with van der Waals surface area (Å²) in [5.74, 6) is -1.48. The van der Waals surface area contributed by atoms with Crippen molar-refractivity contribution >= 4 is 17.4 Å². The Morgan fingerprint density at radius 3 is 2.67 bits per heavy atom. The van der Waals surface area contributed by atoms with Crippen molar-refractivity contribution in [3.63, 3.8) is 0 Å². The molecular formula is C6H5ClF2N2O. The summed E-state index contributed by atoms with van der Waals surface area (Å²) in [7, 11) is 1.57. The molecule has 1 aromatic rings. The van der Waals surface area contributed by atoms with E-state index in [1.807, 2.05) is 0 Å². The Morgan fingerprint density at radius 1 is 1.75 bits per heavy atom. The Bertz CT molecular complexity index is 305. The number of halogens is 3. The lowest BCUT2D eigenvalue weighted by molar-refractivity contribution is 0.0531. The van der Waals surface area contributed by atoms with Gasteiger partial charge in [0.05, 0.1) is 6.33 Å². The molecule has 3 nitrogen and oxygen atoms in total. The molecular weight excluding hydrogens is 190 g/mol. The van der Waals surface area contributed by atoms with E-state index in [1.165, 1.54) is 17.1 Å². The van der Waals surface area contributed by atoms with Crippen molar-refractivity contribution in [2.24, 2.45) is 7.05 Å². The van der Waals surface area contributed by atoms with Crippen LogP contribution in [0.4, 0.5) is 8.78 Å². The van der Waals surface area contributed by atoms with Gasteiger partial charge in [-0.25, -0.2) is 4.98 Å². The summed E-state index contributed by atoms with van der Waals surface area (Å²) in [5, 5.41) is -3.87. The lowest BCUT2D eigenvalue weighted by Crippen LogP contribution is -2.21. The van der Waals surface area contributed by atoms with E-state index in [-0.39, 0.29) is 5.69 Å². The molecule has 0 amide bonds. The zero-order valence-electron chi connectivity index (χ0n) is 6.09. The minimum absolute atomic E-state index is 0.336. The third-order valence-electron chi connectivity index (χ3n) is 1.19. The van der Waals surface area contributed by atoms with Gasteiger partial charge in [0, 0.05) is 13.2 Å². The molecule has 0 aliphatic heterocycles. The van der Waals surface area contributed by atoms with E-state index in [0.29, 0.717) is 0 Å². The van der Waals surface area contributed by atoms with Crippen LogP contribution in [0.15, 0.2) is 12.5 Å².